The molecule has 0 aromatic carbocycles. The minimum Gasteiger partial charge on any atom is -0.466 e. The summed E-state index contributed by atoms with van der Waals surface area (Å²) in [6.07, 6.45) is 7.02. The second-order valence-electron chi connectivity index (χ2n) is 6.04. The summed E-state index contributed by atoms with van der Waals surface area (Å²) in [4.78, 5) is 23.2. The molecule has 0 aromatic heterocycles. The van der Waals surface area contributed by atoms with E-state index >= 15 is 0 Å². The maximum Gasteiger partial charge on any atom is 0.306 e. The highest BCUT2D eigenvalue weighted by Crippen LogP contribution is 2.10. The number of hydrogen-bond donors (Lipinski definition) is 0. The maximum absolute atomic E-state index is 11.7. The highest BCUT2D eigenvalue weighted by Gasteiger charge is 2.12. The lowest BCUT2D eigenvalue weighted by molar-refractivity contribution is -0.150. The smallest absolute Gasteiger partial charge is 0.306 e. The van der Waals surface area contributed by atoms with Crippen molar-refractivity contribution in [3.8, 4) is 0 Å². The van der Waals surface area contributed by atoms with Gasteiger partial charge < -0.3 is 9.47 Å². The van der Waals surface area contributed by atoms with Gasteiger partial charge in [0.1, 0.15) is 6.10 Å². The molecule has 22 heavy (non-hydrogen) atoms. The van der Waals surface area contributed by atoms with E-state index in [0.717, 1.165) is 32.1 Å². The predicted octanol–water partition coefficient (Wildman–Crippen LogP) is 4.65. The van der Waals surface area contributed by atoms with Crippen molar-refractivity contribution in [3.63, 3.8) is 0 Å². The zero-order valence-electron chi connectivity index (χ0n) is 14.9. The van der Waals surface area contributed by atoms with Gasteiger partial charge in [0.25, 0.3) is 0 Å². The van der Waals surface area contributed by atoms with E-state index in [-0.39, 0.29) is 18.0 Å². The van der Waals surface area contributed by atoms with E-state index in [9.17, 15) is 9.59 Å². The van der Waals surface area contributed by atoms with E-state index in [1.54, 1.807) is 0 Å². The van der Waals surface area contributed by atoms with Crippen LogP contribution in [0.3, 0.4) is 0 Å². The van der Waals surface area contributed by atoms with E-state index in [1.165, 1.54) is 0 Å². The lowest BCUT2D eigenvalue weighted by atomic mass is 10.1. The van der Waals surface area contributed by atoms with Gasteiger partial charge in [-0.3, -0.25) is 9.59 Å². The highest BCUT2D eigenvalue weighted by molar-refractivity contribution is 5.70. The number of ether oxygens (including phenoxy) is 2. The normalized spacial score (nSPS) is 13.5. The Morgan fingerprint density at radius 1 is 0.909 bits per heavy atom. The number of carbonyl (C=O) groups is 2. The summed E-state index contributed by atoms with van der Waals surface area (Å²) in [5.41, 5.74) is 0. The fraction of sp³-hybridized carbons (Fsp3) is 0.889. The third-order valence-corrected chi connectivity index (χ3v) is 3.95. The molecule has 0 amide bonds. The molecule has 0 saturated carbocycles. The van der Waals surface area contributed by atoms with Gasteiger partial charge in [0.05, 0.1) is 6.61 Å². The number of esters is 2. The van der Waals surface area contributed by atoms with Gasteiger partial charge >= 0.3 is 11.9 Å². The molecule has 0 aliphatic rings. The standard InChI is InChI=1S/C18H34O4/c1-5-10-16(7-3)22-18(20)12-9-8-11-17(19)21-14-13-15(4)6-2/h15-16H,5-14H2,1-4H3/t15-,16-/m1/s1. The molecule has 4 nitrogen and oxygen atoms in total. The van der Waals surface area contributed by atoms with Crippen LogP contribution >= 0.6 is 0 Å². The molecule has 0 fully saturated rings. The molecule has 0 aliphatic carbocycles. The van der Waals surface area contributed by atoms with E-state index < -0.39 is 0 Å². The molecule has 0 radical (unpaired) electrons. The summed E-state index contributed by atoms with van der Waals surface area (Å²) in [6, 6.07) is 0. The van der Waals surface area contributed by atoms with Gasteiger partial charge in [-0.15, -0.1) is 0 Å². The molecular weight excluding hydrogens is 280 g/mol. The van der Waals surface area contributed by atoms with Crippen molar-refractivity contribution in [3.05, 3.63) is 0 Å². The number of rotatable bonds is 13. The van der Waals surface area contributed by atoms with Crippen LogP contribution in [0.1, 0.15) is 85.5 Å². The van der Waals surface area contributed by atoms with Crippen molar-refractivity contribution >= 4 is 11.9 Å². The lowest BCUT2D eigenvalue weighted by Crippen LogP contribution is -2.17. The molecule has 0 spiro atoms. The fourth-order valence-electron chi connectivity index (χ4n) is 2.10. The lowest BCUT2D eigenvalue weighted by Gasteiger charge is -2.15. The minimum absolute atomic E-state index is 0.0445. The first-order valence-corrected chi connectivity index (χ1v) is 8.88. The first-order valence-electron chi connectivity index (χ1n) is 8.88. The van der Waals surface area contributed by atoms with Crippen LogP contribution in [0.4, 0.5) is 0 Å². The Kier molecular flexibility index (Phi) is 12.9. The van der Waals surface area contributed by atoms with Crippen LogP contribution in [0.2, 0.25) is 0 Å². The molecule has 0 unspecified atom stereocenters. The average Bonchev–Trinajstić information content (AvgIpc) is 2.50. The van der Waals surface area contributed by atoms with Crippen LogP contribution in [0.15, 0.2) is 0 Å². The second kappa shape index (κ2) is 13.6. The van der Waals surface area contributed by atoms with Gasteiger partial charge in [0.2, 0.25) is 0 Å². The third kappa shape index (κ3) is 11.6. The Morgan fingerprint density at radius 3 is 2.09 bits per heavy atom. The molecule has 130 valence electrons. The fourth-order valence-corrected chi connectivity index (χ4v) is 2.10. The largest absolute Gasteiger partial charge is 0.466 e. The van der Waals surface area contributed by atoms with Crippen molar-refractivity contribution in [2.24, 2.45) is 5.92 Å². The van der Waals surface area contributed by atoms with E-state index in [2.05, 4.69) is 20.8 Å². The van der Waals surface area contributed by atoms with E-state index in [1.807, 2.05) is 6.92 Å². The van der Waals surface area contributed by atoms with Gasteiger partial charge in [0, 0.05) is 12.8 Å². The van der Waals surface area contributed by atoms with Gasteiger partial charge in [-0.05, 0) is 38.0 Å². The number of carbonyl (C=O) groups excluding carboxylic acids is 2. The van der Waals surface area contributed by atoms with Crippen molar-refractivity contribution in [2.45, 2.75) is 91.6 Å². The Balaban J connectivity index is 3.62. The molecule has 0 rings (SSSR count). The number of hydrogen-bond acceptors (Lipinski definition) is 4. The summed E-state index contributed by atoms with van der Waals surface area (Å²) < 4.78 is 10.6. The second-order valence-corrected chi connectivity index (χ2v) is 6.04. The van der Waals surface area contributed by atoms with E-state index in [4.69, 9.17) is 9.47 Å². The van der Waals surface area contributed by atoms with Gasteiger partial charge in [-0.2, -0.15) is 0 Å². The predicted molar refractivity (Wildman–Crippen MR) is 88.6 cm³/mol. The quantitative estimate of drug-likeness (QED) is 0.367. The summed E-state index contributed by atoms with van der Waals surface area (Å²) in [5.74, 6) is 0.289. The molecule has 0 aliphatic heterocycles. The van der Waals surface area contributed by atoms with Gasteiger partial charge in [-0.25, -0.2) is 0 Å². The first-order chi connectivity index (χ1) is 10.5. The van der Waals surface area contributed by atoms with Crippen molar-refractivity contribution < 1.29 is 19.1 Å². The third-order valence-electron chi connectivity index (χ3n) is 3.95. The molecule has 2 atom stereocenters. The van der Waals surface area contributed by atoms with Crippen LogP contribution in [-0.4, -0.2) is 24.6 Å². The molecule has 0 N–H and O–H groups in total. The first kappa shape index (κ1) is 20.9. The molecule has 0 saturated heterocycles. The van der Waals surface area contributed by atoms with Crippen LogP contribution in [0.25, 0.3) is 0 Å². The van der Waals surface area contributed by atoms with E-state index in [0.29, 0.717) is 38.2 Å². The van der Waals surface area contributed by atoms with Crippen molar-refractivity contribution in [1.82, 2.24) is 0 Å². The molecular formula is C18H34O4. The van der Waals surface area contributed by atoms with Crippen molar-refractivity contribution in [2.75, 3.05) is 6.61 Å². The maximum atomic E-state index is 11.7. The van der Waals surface area contributed by atoms with Gasteiger partial charge in [-0.1, -0.05) is 40.5 Å². The van der Waals surface area contributed by atoms with Crippen LogP contribution < -0.4 is 0 Å². The van der Waals surface area contributed by atoms with Gasteiger partial charge in [0.15, 0.2) is 0 Å². The Morgan fingerprint density at radius 2 is 1.55 bits per heavy atom. The summed E-state index contributed by atoms with van der Waals surface area (Å²) >= 11 is 0. The van der Waals surface area contributed by atoms with Crippen LogP contribution in [0.5, 0.6) is 0 Å². The minimum atomic E-state index is -0.158. The Hall–Kier alpha value is -1.06. The Labute approximate surface area is 135 Å². The number of unbranched alkanes of at least 4 members (excludes halogenated alkanes) is 1. The highest BCUT2D eigenvalue weighted by atomic mass is 16.5. The van der Waals surface area contributed by atoms with Crippen LogP contribution in [0, 0.1) is 5.92 Å². The zero-order valence-corrected chi connectivity index (χ0v) is 14.9. The molecule has 0 heterocycles. The summed E-state index contributed by atoms with van der Waals surface area (Å²) in [6.45, 7) is 8.91. The SMILES string of the molecule is CCC[C@@H](CC)OC(=O)CCCCC(=O)OCC[C@H](C)CC. The topological polar surface area (TPSA) is 52.6 Å². The molecule has 0 bridgehead atoms. The average molecular weight is 314 g/mol. The monoisotopic (exact) mass is 314 g/mol. The summed E-state index contributed by atoms with van der Waals surface area (Å²) in [5, 5.41) is 0. The molecule has 0 aromatic rings. The van der Waals surface area contributed by atoms with Crippen LogP contribution in [-0.2, 0) is 19.1 Å². The Bertz CT molecular complexity index is 301. The van der Waals surface area contributed by atoms with Crippen molar-refractivity contribution in [1.29, 1.82) is 0 Å². The zero-order chi connectivity index (χ0) is 16.8. The molecule has 4 heteroatoms. The summed E-state index contributed by atoms with van der Waals surface area (Å²) in [7, 11) is 0.